The number of fused-ring (bicyclic) bond motifs is 2. The van der Waals surface area contributed by atoms with E-state index in [9.17, 15) is 9.59 Å². The van der Waals surface area contributed by atoms with Crippen molar-refractivity contribution in [1.82, 2.24) is 24.6 Å². The van der Waals surface area contributed by atoms with E-state index in [4.69, 9.17) is 9.15 Å². The summed E-state index contributed by atoms with van der Waals surface area (Å²) in [6, 6.07) is -0.0999. The maximum Gasteiger partial charge on any atom is 0.291 e. The Labute approximate surface area is 158 Å². The van der Waals surface area contributed by atoms with E-state index in [1.807, 2.05) is 4.90 Å². The van der Waals surface area contributed by atoms with Gasteiger partial charge in [-0.3, -0.25) is 14.5 Å². The van der Waals surface area contributed by atoms with E-state index in [2.05, 4.69) is 21.8 Å². The van der Waals surface area contributed by atoms with Crippen LogP contribution in [-0.2, 0) is 9.53 Å². The van der Waals surface area contributed by atoms with Gasteiger partial charge in [-0.15, -0.1) is 0 Å². The lowest BCUT2D eigenvalue weighted by atomic mass is 9.93. The molecule has 1 atom stereocenters. The molecular weight excluding hydrogens is 350 g/mol. The number of piperidine rings is 1. The second kappa shape index (κ2) is 7.21. The first-order chi connectivity index (χ1) is 13.1. The minimum atomic E-state index is -0.320. The summed E-state index contributed by atoms with van der Waals surface area (Å²) in [4.78, 5) is 38.0. The number of amides is 2. The summed E-state index contributed by atoms with van der Waals surface area (Å²) >= 11 is 0. The summed E-state index contributed by atoms with van der Waals surface area (Å²) in [5, 5.41) is 0. The van der Waals surface area contributed by atoms with E-state index in [0.717, 1.165) is 32.5 Å². The minimum Gasteiger partial charge on any atom is -0.438 e. The van der Waals surface area contributed by atoms with Crippen LogP contribution >= 0.6 is 0 Å². The maximum absolute atomic E-state index is 13.2. The van der Waals surface area contributed by atoms with E-state index < -0.39 is 0 Å². The fourth-order valence-corrected chi connectivity index (χ4v) is 4.77. The largest absolute Gasteiger partial charge is 0.438 e. The monoisotopic (exact) mass is 377 g/mol. The number of rotatable bonds is 4. The van der Waals surface area contributed by atoms with Gasteiger partial charge in [0.2, 0.25) is 11.7 Å². The minimum absolute atomic E-state index is 0.0999. The Bertz CT molecular complexity index is 686. The number of hydrogen-bond donors (Lipinski definition) is 0. The zero-order valence-corrected chi connectivity index (χ0v) is 16.0. The summed E-state index contributed by atoms with van der Waals surface area (Å²) in [7, 11) is 3.72. The number of nitrogens with zero attached hydrogens (tertiary/aromatic N) is 5. The molecule has 4 heterocycles. The third-order valence-electron chi connectivity index (χ3n) is 6.19. The molecule has 3 fully saturated rings. The normalized spacial score (nSPS) is 26.0. The molecule has 27 heavy (non-hydrogen) atoms. The summed E-state index contributed by atoms with van der Waals surface area (Å²) in [6.07, 6.45) is 4.20. The molecule has 0 N–H and O–H groups in total. The molecule has 0 bridgehead atoms. The van der Waals surface area contributed by atoms with Crippen LogP contribution < -0.4 is 0 Å². The van der Waals surface area contributed by atoms with Crippen LogP contribution in [-0.4, -0.2) is 108 Å². The van der Waals surface area contributed by atoms with Crippen molar-refractivity contribution in [3.8, 4) is 0 Å². The summed E-state index contributed by atoms with van der Waals surface area (Å²) in [5.41, 5.74) is -0.320. The van der Waals surface area contributed by atoms with Gasteiger partial charge in [-0.1, -0.05) is 0 Å². The number of methoxy groups -OCH3 is 1. The number of likely N-dealkylation sites (N-methyl/N-ethyl adjacent to an activating group) is 1. The van der Waals surface area contributed by atoms with Crippen LogP contribution in [0.25, 0.3) is 0 Å². The molecule has 1 spiro atoms. The van der Waals surface area contributed by atoms with Crippen LogP contribution in [0.15, 0.2) is 17.0 Å². The highest BCUT2D eigenvalue weighted by molar-refractivity contribution is 5.91. The van der Waals surface area contributed by atoms with Crippen molar-refractivity contribution in [2.24, 2.45) is 0 Å². The number of ether oxygens (including phenoxy) is 1. The molecule has 0 aliphatic carbocycles. The lowest BCUT2D eigenvalue weighted by Crippen LogP contribution is -2.63. The Hall–Kier alpha value is -1.97. The van der Waals surface area contributed by atoms with E-state index in [1.165, 1.54) is 12.6 Å². The number of carbonyl (C=O) groups is 2. The predicted octanol–water partition coefficient (Wildman–Crippen LogP) is -0.288. The molecular formula is C18H27N5O4. The van der Waals surface area contributed by atoms with Crippen molar-refractivity contribution in [3.05, 3.63) is 18.4 Å². The van der Waals surface area contributed by atoms with Gasteiger partial charge in [0, 0.05) is 59.2 Å². The van der Waals surface area contributed by atoms with Gasteiger partial charge in [-0.25, -0.2) is 4.98 Å². The van der Waals surface area contributed by atoms with Crippen LogP contribution in [0.4, 0.5) is 0 Å². The highest BCUT2D eigenvalue weighted by Gasteiger charge is 2.58. The third-order valence-corrected chi connectivity index (χ3v) is 6.19. The van der Waals surface area contributed by atoms with Gasteiger partial charge >= 0.3 is 0 Å². The Morgan fingerprint density at radius 3 is 2.78 bits per heavy atom. The van der Waals surface area contributed by atoms with Gasteiger partial charge in [0.15, 0.2) is 6.39 Å². The molecule has 9 heteroatoms. The van der Waals surface area contributed by atoms with Gasteiger partial charge in [-0.05, 0) is 7.05 Å². The van der Waals surface area contributed by atoms with Crippen molar-refractivity contribution < 1.29 is 18.7 Å². The number of likely N-dealkylation sites (tertiary alicyclic amines) is 1. The highest BCUT2D eigenvalue weighted by atomic mass is 16.5. The van der Waals surface area contributed by atoms with Gasteiger partial charge < -0.3 is 23.9 Å². The van der Waals surface area contributed by atoms with Gasteiger partial charge in [0.25, 0.3) is 5.91 Å². The van der Waals surface area contributed by atoms with Gasteiger partial charge in [0.05, 0.1) is 12.8 Å². The smallest absolute Gasteiger partial charge is 0.291 e. The molecule has 2 amide bonds. The third kappa shape index (κ3) is 3.03. The summed E-state index contributed by atoms with van der Waals surface area (Å²) in [5.74, 6) is 0.320. The number of aromatic nitrogens is 1. The van der Waals surface area contributed by atoms with Crippen molar-refractivity contribution in [2.45, 2.75) is 24.5 Å². The molecule has 1 aromatic heterocycles. The lowest BCUT2D eigenvalue weighted by Gasteiger charge is -2.50. The second-order valence-corrected chi connectivity index (χ2v) is 7.59. The molecule has 0 unspecified atom stereocenters. The van der Waals surface area contributed by atoms with Crippen molar-refractivity contribution in [3.63, 3.8) is 0 Å². The standard InChI is InChI=1S/C18H27N5O4/c1-20-7-8-22-14(12-20)16(24)23(9-10-26-2)18(22)3-5-21(6-4-18)17(25)15-11-19-13-27-15/h11,13-14H,3-10,12H2,1-2H3/t14-/m1/s1. The SMILES string of the molecule is COCCN1C(=O)[C@H]2CN(C)CCN2C12CCN(C(=O)c1cnco1)CC2. The van der Waals surface area contributed by atoms with E-state index in [0.29, 0.717) is 26.2 Å². The first-order valence-electron chi connectivity index (χ1n) is 9.50. The molecule has 1 aromatic rings. The van der Waals surface area contributed by atoms with Crippen molar-refractivity contribution in [2.75, 3.05) is 60.0 Å². The number of piperazine rings is 1. The molecule has 0 radical (unpaired) electrons. The quantitative estimate of drug-likeness (QED) is 0.713. The van der Waals surface area contributed by atoms with Gasteiger partial charge in [-0.2, -0.15) is 0 Å². The van der Waals surface area contributed by atoms with Crippen LogP contribution in [0.1, 0.15) is 23.4 Å². The topological polar surface area (TPSA) is 82.4 Å². The molecule has 0 aromatic carbocycles. The fraction of sp³-hybridized carbons (Fsp3) is 0.722. The fourth-order valence-electron chi connectivity index (χ4n) is 4.77. The highest BCUT2D eigenvalue weighted by Crippen LogP contribution is 2.41. The molecule has 0 saturated carbocycles. The second-order valence-electron chi connectivity index (χ2n) is 7.59. The predicted molar refractivity (Wildman–Crippen MR) is 96.0 cm³/mol. The van der Waals surface area contributed by atoms with E-state index >= 15 is 0 Å². The van der Waals surface area contributed by atoms with Crippen molar-refractivity contribution in [1.29, 1.82) is 0 Å². The zero-order chi connectivity index (χ0) is 19.0. The zero-order valence-electron chi connectivity index (χ0n) is 16.0. The summed E-state index contributed by atoms with van der Waals surface area (Å²) < 4.78 is 10.4. The number of hydrogen-bond acceptors (Lipinski definition) is 7. The molecule has 148 valence electrons. The van der Waals surface area contributed by atoms with Crippen LogP contribution in [0.3, 0.4) is 0 Å². The lowest BCUT2D eigenvalue weighted by molar-refractivity contribution is -0.134. The first-order valence-corrected chi connectivity index (χ1v) is 9.50. The average Bonchev–Trinajstić information content (AvgIpc) is 3.28. The van der Waals surface area contributed by atoms with Crippen molar-refractivity contribution >= 4 is 11.8 Å². The number of oxazole rings is 1. The Morgan fingerprint density at radius 1 is 1.33 bits per heavy atom. The number of carbonyl (C=O) groups excluding carboxylic acids is 2. The van der Waals surface area contributed by atoms with E-state index in [-0.39, 0.29) is 29.3 Å². The maximum atomic E-state index is 13.2. The Balaban J connectivity index is 1.54. The molecule has 4 rings (SSSR count). The average molecular weight is 377 g/mol. The molecule has 9 nitrogen and oxygen atoms in total. The summed E-state index contributed by atoms with van der Waals surface area (Å²) in [6.45, 7) is 4.86. The van der Waals surface area contributed by atoms with Gasteiger partial charge in [0.1, 0.15) is 11.7 Å². The molecule has 3 aliphatic heterocycles. The van der Waals surface area contributed by atoms with E-state index in [1.54, 1.807) is 12.0 Å². The Kier molecular flexibility index (Phi) is 4.92. The first kappa shape index (κ1) is 18.4. The Morgan fingerprint density at radius 2 is 2.11 bits per heavy atom. The van der Waals surface area contributed by atoms with Crippen LogP contribution in [0.5, 0.6) is 0 Å². The molecule has 3 saturated heterocycles. The van der Waals surface area contributed by atoms with Crippen LogP contribution in [0, 0.1) is 0 Å². The van der Waals surface area contributed by atoms with Crippen LogP contribution in [0.2, 0.25) is 0 Å². The molecule has 3 aliphatic rings.